The lowest BCUT2D eigenvalue weighted by molar-refractivity contribution is -0.138. The first-order valence-corrected chi connectivity index (χ1v) is 8.07. The molecule has 1 heterocycles. The van der Waals surface area contributed by atoms with Crippen molar-refractivity contribution in [2.24, 2.45) is 0 Å². The predicted molar refractivity (Wildman–Crippen MR) is 92.1 cm³/mol. The minimum atomic E-state index is -4.56. The molecule has 4 nitrogen and oxygen atoms in total. The molecule has 0 fully saturated rings. The lowest BCUT2D eigenvalue weighted by Crippen LogP contribution is -2.15. The summed E-state index contributed by atoms with van der Waals surface area (Å²) in [6, 6.07) is 10.3. The van der Waals surface area contributed by atoms with Crippen LogP contribution in [0, 0.1) is 5.82 Å². The van der Waals surface area contributed by atoms with E-state index < -0.39 is 23.5 Å². The van der Waals surface area contributed by atoms with Gasteiger partial charge in [-0.1, -0.05) is 29.8 Å². The van der Waals surface area contributed by atoms with E-state index in [4.69, 9.17) is 11.6 Å². The number of carbonyl (C=O) groups is 1. The van der Waals surface area contributed by atoms with E-state index in [1.807, 2.05) is 0 Å². The van der Waals surface area contributed by atoms with Crippen LogP contribution in [0.3, 0.4) is 0 Å². The average molecular weight is 398 g/mol. The number of carbonyl (C=O) groups excluding carboxylic acids is 1. The highest BCUT2D eigenvalue weighted by Crippen LogP contribution is 2.34. The van der Waals surface area contributed by atoms with Crippen molar-refractivity contribution in [1.29, 1.82) is 0 Å². The molecule has 3 rings (SSSR count). The molecule has 3 aromatic rings. The van der Waals surface area contributed by atoms with Gasteiger partial charge in [-0.25, -0.2) is 4.39 Å². The molecule has 2 aromatic carbocycles. The van der Waals surface area contributed by atoms with Gasteiger partial charge >= 0.3 is 6.18 Å². The van der Waals surface area contributed by atoms with E-state index in [0.29, 0.717) is 0 Å². The van der Waals surface area contributed by atoms with Crippen LogP contribution in [0.4, 0.5) is 23.4 Å². The maximum atomic E-state index is 13.6. The van der Waals surface area contributed by atoms with Gasteiger partial charge in [-0.2, -0.15) is 18.3 Å². The van der Waals surface area contributed by atoms with Crippen molar-refractivity contribution in [1.82, 2.24) is 9.78 Å². The molecule has 0 aliphatic rings. The Labute approximate surface area is 156 Å². The molecule has 1 N–H and O–H groups in total. The van der Waals surface area contributed by atoms with Crippen LogP contribution in [0.1, 0.15) is 21.5 Å². The number of anilines is 1. The molecule has 0 saturated carbocycles. The number of amides is 1. The third-order valence-corrected chi connectivity index (χ3v) is 3.95. The van der Waals surface area contributed by atoms with Gasteiger partial charge in [0.2, 0.25) is 0 Å². The third-order valence-electron chi connectivity index (χ3n) is 3.71. The van der Waals surface area contributed by atoms with Gasteiger partial charge in [0.1, 0.15) is 5.82 Å². The molecule has 9 heteroatoms. The van der Waals surface area contributed by atoms with E-state index in [2.05, 4.69) is 10.4 Å². The molecule has 0 spiro atoms. The Morgan fingerprint density at radius 2 is 1.89 bits per heavy atom. The standard InChI is InChI=1S/C18H12ClF4N3O/c19-12-6-5-11(14(9-12)18(21,22)23)10-26-8-7-16(25-26)24-17(27)13-3-1-2-4-15(13)20/h1-9H,10H2,(H,24,25,27). The summed E-state index contributed by atoms with van der Waals surface area (Å²) in [5, 5.41) is 6.39. The maximum Gasteiger partial charge on any atom is 0.416 e. The summed E-state index contributed by atoms with van der Waals surface area (Å²) in [6.45, 7) is -0.179. The smallest absolute Gasteiger partial charge is 0.305 e. The Morgan fingerprint density at radius 1 is 1.15 bits per heavy atom. The fourth-order valence-corrected chi connectivity index (χ4v) is 2.64. The molecule has 0 unspecified atom stereocenters. The number of alkyl halides is 3. The molecule has 0 saturated heterocycles. The van der Waals surface area contributed by atoms with Gasteiger partial charge in [-0.3, -0.25) is 9.48 Å². The minimum Gasteiger partial charge on any atom is -0.305 e. The molecule has 27 heavy (non-hydrogen) atoms. The second kappa shape index (κ2) is 7.40. The molecular formula is C18H12ClF4N3O. The summed E-state index contributed by atoms with van der Waals surface area (Å²) in [5.74, 6) is -1.31. The number of hydrogen-bond donors (Lipinski definition) is 1. The number of rotatable bonds is 4. The number of benzene rings is 2. The molecular weight excluding hydrogens is 386 g/mol. The first-order valence-electron chi connectivity index (χ1n) is 7.69. The summed E-state index contributed by atoms with van der Waals surface area (Å²) >= 11 is 5.66. The molecule has 0 aliphatic carbocycles. The second-order valence-corrected chi connectivity index (χ2v) is 6.07. The zero-order valence-electron chi connectivity index (χ0n) is 13.6. The van der Waals surface area contributed by atoms with Crippen LogP contribution in [0.25, 0.3) is 0 Å². The monoisotopic (exact) mass is 397 g/mol. The highest BCUT2D eigenvalue weighted by Gasteiger charge is 2.33. The van der Waals surface area contributed by atoms with E-state index in [-0.39, 0.29) is 28.5 Å². The quantitative estimate of drug-likeness (QED) is 0.630. The van der Waals surface area contributed by atoms with Gasteiger partial charge in [-0.15, -0.1) is 0 Å². The van der Waals surface area contributed by atoms with Crippen LogP contribution in [-0.4, -0.2) is 15.7 Å². The SMILES string of the molecule is O=C(Nc1ccn(Cc2ccc(Cl)cc2C(F)(F)F)n1)c1ccccc1F. The fourth-order valence-electron chi connectivity index (χ4n) is 2.47. The minimum absolute atomic E-state index is 0.0237. The van der Waals surface area contributed by atoms with Gasteiger partial charge in [-0.05, 0) is 29.8 Å². The molecule has 0 aliphatic heterocycles. The zero-order chi connectivity index (χ0) is 19.6. The highest BCUT2D eigenvalue weighted by atomic mass is 35.5. The third kappa shape index (κ3) is 4.46. The molecule has 0 atom stereocenters. The Kier molecular flexibility index (Phi) is 5.18. The van der Waals surface area contributed by atoms with Crippen molar-refractivity contribution >= 4 is 23.3 Å². The van der Waals surface area contributed by atoms with Crippen LogP contribution in [-0.2, 0) is 12.7 Å². The normalized spacial score (nSPS) is 11.4. The highest BCUT2D eigenvalue weighted by molar-refractivity contribution is 6.30. The van der Waals surface area contributed by atoms with Gasteiger partial charge in [0.15, 0.2) is 5.82 Å². The number of halogens is 5. The number of aromatic nitrogens is 2. The van der Waals surface area contributed by atoms with Crippen molar-refractivity contribution < 1.29 is 22.4 Å². The summed E-state index contributed by atoms with van der Waals surface area (Å²) in [5.41, 5.74) is -1.05. The Hall–Kier alpha value is -2.87. The van der Waals surface area contributed by atoms with E-state index in [9.17, 15) is 22.4 Å². The van der Waals surface area contributed by atoms with Crippen molar-refractivity contribution in [2.45, 2.75) is 12.7 Å². The molecule has 1 aromatic heterocycles. The summed E-state index contributed by atoms with van der Waals surface area (Å²) < 4.78 is 54.3. The van der Waals surface area contributed by atoms with Crippen LogP contribution >= 0.6 is 11.6 Å². The van der Waals surface area contributed by atoms with Gasteiger partial charge in [0.05, 0.1) is 17.7 Å². The van der Waals surface area contributed by atoms with Crippen LogP contribution in [0.15, 0.2) is 54.7 Å². The molecule has 140 valence electrons. The molecule has 0 bridgehead atoms. The van der Waals surface area contributed by atoms with Gasteiger partial charge in [0, 0.05) is 17.3 Å². The van der Waals surface area contributed by atoms with Gasteiger partial charge in [0.25, 0.3) is 5.91 Å². The largest absolute Gasteiger partial charge is 0.416 e. The number of nitrogens with one attached hydrogen (secondary N) is 1. The van der Waals surface area contributed by atoms with Crippen LogP contribution in [0.2, 0.25) is 5.02 Å². The number of nitrogens with zero attached hydrogens (tertiary/aromatic N) is 2. The van der Waals surface area contributed by atoms with Crippen molar-refractivity contribution in [3.63, 3.8) is 0 Å². The van der Waals surface area contributed by atoms with Crippen LogP contribution in [0.5, 0.6) is 0 Å². The summed E-state index contributed by atoms with van der Waals surface area (Å²) in [4.78, 5) is 12.1. The Balaban J connectivity index is 1.78. The molecule has 0 radical (unpaired) electrons. The van der Waals surface area contributed by atoms with Gasteiger partial charge < -0.3 is 5.32 Å². The van der Waals surface area contributed by atoms with E-state index in [1.54, 1.807) is 0 Å². The van der Waals surface area contributed by atoms with E-state index in [0.717, 1.165) is 12.1 Å². The molecule has 1 amide bonds. The summed E-state index contributed by atoms with van der Waals surface area (Å²) in [6.07, 6.45) is -3.15. The lowest BCUT2D eigenvalue weighted by Gasteiger charge is -2.13. The topological polar surface area (TPSA) is 46.9 Å². The Morgan fingerprint density at radius 3 is 2.59 bits per heavy atom. The van der Waals surface area contributed by atoms with Crippen molar-refractivity contribution in [3.05, 3.63) is 82.3 Å². The zero-order valence-corrected chi connectivity index (χ0v) is 14.4. The van der Waals surface area contributed by atoms with Crippen molar-refractivity contribution in [2.75, 3.05) is 5.32 Å². The van der Waals surface area contributed by atoms with E-state index in [1.165, 1.54) is 47.3 Å². The first kappa shape index (κ1) is 18.9. The maximum absolute atomic E-state index is 13.6. The average Bonchev–Trinajstić information content (AvgIpc) is 3.03. The lowest BCUT2D eigenvalue weighted by atomic mass is 10.1. The first-order chi connectivity index (χ1) is 12.7. The number of hydrogen-bond acceptors (Lipinski definition) is 2. The van der Waals surface area contributed by atoms with Crippen LogP contribution < -0.4 is 5.32 Å². The Bertz CT molecular complexity index is 985. The van der Waals surface area contributed by atoms with Crippen molar-refractivity contribution in [3.8, 4) is 0 Å². The van der Waals surface area contributed by atoms with E-state index >= 15 is 0 Å². The summed E-state index contributed by atoms with van der Waals surface area (Å²) in [7, 11) is 0. The fraction of sp³-hybridized carbons (Fsp3) is 0.111. The predicted octanol–water partition coefficient (Wildman–Crippen LogP) is 5.00. The second-order valence-electron chi connectivity index (χ2n) is 5.63.